The Balaban J connectivity index is 2.08. The van der Waals surface area contributed by atoms with E-state index in [2.05, 4.69) is 15.3 Å². The van der Waals surface area contributed by atoms with Gasteiger partial charge in [0.05, 0.1) is 6.10 Å². The number of nitrogens with one attached hydrogen (secondary N) is 1. The van der Waals surface area contributed by atoms with Crippen LogP contribution in [0.5, 0.6) is 0 Å². The number of nitrogens with zero attached hydrogens (tertiary/aromatic N) is 2. The summed E-state index contributed by atoms with van der Waals surface area (Å²) in [4.78, 5) is 8.58. The van der Waals surface area contributed by atoms with Crippen LogP contribution in [0, 0.1) is 0 Å². The highest BCUT2D eigenvalue weighted by Gasteiger charge is 2.15. The highest BCUT2D eigenvalue weighted by molar-refractivity contribution is 5.46. The molecule has 1 atom stereocenters. The van der Waals surface area contributed by atoms with Crippen LogP contribution in [0.25, 0.3) is 0 Å². The molecule has 1 aromatic rings. The van der Waals surface area contributed by atoms with E-state index in [9.17, 15) is 5.11 Å². The van der Waals surface area contributed by atoms with Gasteiger partial charge in [-0.1, -0.05) is 6.92 Å². The van der Waals surface area contributed by atoms with Crippen molar-refractivity contribution in [1.29, 1.82) is 0 Å². The number of aryl methyl sites for hydroxylation is 1. The van der Waals surface area contributed by atoms with E-state index in [0.29, 0.717) is 6.54 Å². The van der Waals surface area contributed by atoms with Gasteiger partial charge in [0, 0.05) is 17.8 Å². The molecule has 4 heteroatoms. The van der Waals surface area contributed by atoms with Gasteiger partial charge in [-0.15, -0.1) is 0 Å². The molecule has 1 aliphatic carbocycles. The summed E-state index contributed by atoms with van der Waals surface area (Å²) in [5, 5.41) is 12.7. The minimum atomic E-state index is -0.297. The van der Waals surface area contributed by atoms with Crippen molar-refractivity contribution in [2.45, 2.75) is 45.1 Å². The summed E-state index contributed by atoms with van der Waals surface area (Å²) in [6, 6.07) is 0. The summed E-state index contributed by atoms with van der Waals surface area (Å²) in [6.07, 6.45) is 6.63. The second-order valence-corrected chi connectivity index (χ2v) is 4.30. The Bertz CT molecular complexity index is 354. The fraction of sp³-hybridized carbons (Fsp3) is 0.667. The van der Waals surface area contributed by atoms with Gasteiger partial charge >= 0.3 is 0 Å². The number of anilines is 1. The lowest BCUT2D eigenvalue weighted by Crippen LogP contribution is -2.21. The molecule has 1 heterocycles. The predicted molar refractivity (Wildman–Crippen MR) is 63.5 cm³/mol. The van der Waals surface area contributed by atoms with Crippen molar-refractivity contribution >= 4 is 5.82 Å². The molecule has 0 saturated heterocycles. The molecule has 0 aliphatic heterocycles. The van der Waals surface area contributed by atoms with Gasteiger partial charge in [-0.05, 0) is 32.1 Å². The van der Waals surface area contributed by atoms with Gasteiger partial charge < -0.3 is 10.4 Å². The number of aliphatic hydroxyl groups is 1. The van der Waals surface area contributed by atoms with Crippen LogP contribution in [0.1, 0.15) is 37.4 Å². The third kappa shape index (κ3) is 2.50. The smallest absolute Gasteiger partial charge is 0.132 e. The van der Waals surface area contributed by atoms with Crippen LogP contribution in [-0.2, 0) is 12.8 Å². The molecule has 0 radical (unpaired) electrons. The van der Waals surface area contributed by atoms with Crippen LogP contribution in [0.3, 0.4) is 0 Å². The Morgan fingerprint density at radius 2 is 2.19 bits per heavy atom. The number of hydrogen-bond donors (Lipinski definition) is 2. The zero-order valence-corrected chi connectivity index (χ0v) is 9.74. The second-order valence-electron chi connectivity index (χ2n) is 4.30. The minimum Gasteiger partial charge on any atom is -0.391 e. The van der Waals surface area contributed by atoms with Crippen molar-refractivity contribution in [3.8, 4) is 0 Å². The van der Waals surface area contributed by atoms with Crippen molar-refractivity contribution in [2.75, 3.05) is 11.9 Å². The zero-order valence-electron chi connectivity index (χ0n) is 9.74. The van der Waals surface area contributed by atoms with Gasteiger partial charge in [-0.25, -0.2) is 9.97 Å². The molecule has 1 aromatic heterocycles. The van der Waals surface area contributed by atoms with E-state index < -0.39 is 0 Å². The minimum absolute atomic E-state index is 0.297. The molecular weight excluding hydrogens is 202 g/mol. The third-order valence-electron chi connectivity index (χ3n) is 3.10. The molecule has 88 valence electrons. The maximum absolute atomic E-state index is 9.52. The summed E-state index contributed by atoms with van der Waals surface area (Å²) >= 11 is 0. The first kappa shape index (κ1) is 11.3. The molecule has 0 saturated carbocycles. The summed E-state index contributed by atoms with van der Waals surface area (Å²) in [7, 11) is 0. The monoisotopic (exact) mass is 221 g/mol. The Hall–Kier alpha value is -1.16. The van der Waals surface area contributed by atoms with E-state index in [1.807, 2.05) is 6.92 Å². The maximum Gasteiger partial charge on any atom is 0.132 e. The summed E-state index contributed by atoms with van der Waals surface area (Å²) in [5.41, 5.74) is 2.42. The Labute approximate surface area is 96.1 Å². The lowest BCUT2D eigenvalue weighted by molar-refractivity contribution is 0.183. The summed E-state index contributed by atoms with van der Waals surface area (Å²) in [6.45, 7) is 2.54. The third-order valence-corrected chi connectivity index (χ3v) is 3.10. The van der Waals surface area contributed by atoms with E-state index in [1.165, 1.54) is 24.1 Å². The molecular formula is C12H19N3O. The number of rotatable bonds is 4. The summed E-state index contributed by atoms with van der Waals surface area (Å²) in [5.74, 6) is 0.914. The molecule has 16 heavy (non-hydrogen) atoms. The molecule has 1 unspecified atom stereocenters. The zero-order chi connectivity index (χ0) is 11.4. The molecule has 2 N–H and O–H groups in total. The van der Waals surface area contributed by atoms with Crippen LogP contribution in [0.2, 0.25) is 0 Å². The largest absolute Gasteiger partial charge is 0.391 e. The molecule has 0 aromatic carbocycles. The van der Waals surface area contributed by atoms with E-state index in [-0.39, 0.29) is 6.10 Å². The SMILES string of the molecule is CCC(O)CNc1ncnc2c1CCCC2. The number of aromatic nitrogens is 2. The average molecular weight is 221 g/mol. The number of fused-ring (bicyclic) bond motifs is 1. The number of aliphatic hydroxyl groups excluding tert-OH is 1. The fourth-order valence-electron chi connectivity index (χ4n) is 2.03. The standard InChI is InChI=1S/C12H19N3O/c1-2-9(16)7-13-12-10-5-3-4-6-11(10)14-8-15-12/h8-9,16H,2-7H2,1H3,(H,13,14,15). The lowest BCUT2D eigenvalue weighted by Gasteiger charge is -2.18. The van der Waals surface area contributed by atoms with E-state index in [4.69, 9.17) is 0 Å². The van der Waals surface area contributed by atoms with Crippen LogP contribution in [-0.4, -0.2) is 27.7 Å². The summed E-state index contributed by atoms with van der Waals surface area (Å²) < 4.78 is 0. The van der Waals surface area contributed by atoms with Crippen molar-refractivity contribution in [2.24, 2.45) is 0 Å². The van der Waals surface area contributed by atoms with Crippen molar-refractivity contribution < 1.29 is 5.11 Å². The van der Waals surface area contributed by atoms with Gasteiger partial charge in [-0.2, -0.15) is 0 Å². The van der Waals surface area contributed by atoms with Crippen LogP contribution in [0.4, 0.5) is 5.82 Å². The first-order chi connectivity index (χ1) is 7.81. The quantitative estimate of drug-likeness (QED) is 0.809. The Kier molecular flexibility index (Phi) is 3.72. The predicted octanol–water partition coefficient (Wildman–Crippen LogP) is 1.54. The van der Waals surface area contributed by atoms with Gasteiger partial charge in [0.2, 0.25) is 0 Å². The average Bonchev–Trinajstić information content (AvgIpc) is 2.35. The van der Waals surface area contributed by atoms with Crippen LogP contribution >= 0.6 is 0 Å². The fourth-order valence-corrected chi connectivity index (χ4v) is 2.03. The molecule has 4 nitrogen and oxygen atoms in total. The normalized spacial score (nSPS) is 16.6. The Morgan fingerprint density at radius 3 is 3.00 bits per heavy atom. The molecule has 0 amide bonds. The highest BCUT2D eigenvalue weighted by atomic mass is 16.3. The molecule has 1 aliphatic rings. The highest BCUT2D eigenvalue weighted by Crippen LogP contribution is 2.24. The maximum atomic E-state index is 9.52. The topological polar surface area (TPSA) is 58.0 Å². The van der Waals surface area contributed by atoms with Crippen LogP contribution < -0.4 is 5.32 Å². The van der Waals surface area contributed by atoms with Crippen molar-refractivity contribution in [3.63, 3.8) is 0 Å². The van der Waals surface area contributed by atoms with Gasteiger partial charge in [0.25, 0.3) is 0 Å². The van der Waals surface area contributed by atoms with Gasteiger partial charge in [0.15, 0.2) is 0 Å². The van der Waals surface area contributed by atoms with Gasteiger partial charge in [-0.3, -0.25) is 0 Å². The first-order valence-electron chi connectivity index (χ1n) is 6.06. The molecule has 0 fully saturated rings. The lowest BCUT2D eigenvalue weighted by atomic mass is 9.96. The van der Waals surface area contributed by atoms with Gasteiger partial charge in [0.1, 0.15) is 12.1 Å². The first-order valence-corrected chi connectivity index (χ1v) is 6.06. The molecule has 0 spiro atoms. The van der Waals surface area contributed by atoms with Crippen molar-refractivity contribution in [3.05, 3.63) is 17.6 Å². The number of hydrogen-bond acceptors (Lipinski definition) is 4. The van der Waals surface area contributed by atoms with E-state index in [0.717, 1.165) is 25.1 Å². The van der Waals surface area contributed by atoms with Crippen LogP contribution in [0.15, 0.2) is 6.33 Å². The Morgan fingerprint density at radius 1 is 1.38 bits per heavy atom. The van der Waals surface area contributed by atoms with E-state index in [1.54, 1.807) is 6.33 Å². The molecule has 2 rings (SSSR count). The molecule has 0 bridgehead atoms. The van der Waals surface area contributed by atoms with E-state index >= 15 is 0 Å². The van der Waals surface area contributed by atoms with Crippen molar-refractivity contribution in [1.82, 2.24) is 9.97 Å². The second kappa shape index (κ2) is 5.25.